The van der Waals surface area contributed by atoms with Crippen molar-refractivity contribution in [3.8, 4) is 6.07 Å². The second-order valence-electron chi connectivity index (χ2n) is 3.32. The summed E-state index contributed by atoms with van der Waals surface area (Å²) in [5.74, 6) is 0. The zero-order chi connectivity index (χ0) is 11.6. The minimum Gasteiger partial charge on any atom is -0.265 e. The number of aryl methyl sites for hydroxylation is 1. The largest absolute Gasteiger partial charge is 0.435 e. The molecule has 0 aliphatic rings. The highest BCUT2D eigenvalue weighted by Crippen LogP contribution is 2.29. The van der Waals surface area contributed by atoms with Crippen LogP contribution in [0.5, 0.6) is 0 Å². The van der Waals surface area contributed by atoms with Crippen LogP contribution in [0.1, 0.15) is 30.8 Å². The fraction of sp³-hybridized carbons (Fsp3) is 0.556. The molecule has 82 valence electrons. The van der Waals surface area contributed by atoms with Gasteiger partial charge in [0.15, 0.2) is 5.69 Å². The molecule has 0 aliphatic carbocycles. The molecule has 0 N–H and O–H groups in total. The first-order valence-corrected chi connectivity index (χ1v) is 4.36. The van der Waals surface area contributed by atoms with Crippen LogP contribution >= 0.6 is 0 Å². The Kier molecular flexibility index (Phi) is 3.03. The van der Waals surface area contributed by atoms with E-state index in [1.165, 1.54) is 11.6 Å². The Morgan fingerprint density at radius 1 is 1.60 bits per heavy atom. The van der Waals surface area contributed by atoms with Crippen LogP contribution in [0, 0.1) is 18.3 Å². The van der Waals surface area contributed by atoms with Gasteiger partial charge >= 0.3 is 6.18 Å². The molecule has 0 aromatic carbocycles. The highest BCUT2D eigenvalue weighted by molar-refractivity contribution is 5.12. The molecule has 0 radical (unpaired) electrons. The molecule has 0 unspecified atom stereocenters. The van der Waals surface area contributed by atoms with Gasteiger partial charge in [-0.25, -0.2) is 0 Å². The highest BCUT2D eigenvalue weighted by atomic mass is 19.4. The quantitative estimate of drug-likeness (QED) is 0.764. The second kappa shape index (κ2) is 3.93. The van der Waals surface area contributed by atoms with Crippen molar-refractivity contribution in [1.29, 1.82) is 5.26 Å². The van der Waals surface area contributed by atoms with Crippen molar-refractivity contribution in [2.24, 2.45) is 0 Å². The van der Waals surface area contributed by atoms with E-state index >= 15 is 0 Å². The molecule has 1 aromatic heterocycles. The van der Waals surface area contributed by atoms with Gasteiger partial charge in [-0.3, -0.25) is 4.68 Å². The van der Waals surface area contributed by atoms with Gasteiger partial charge in [0, 0.05) is 5.69 Å². The van der Waals surface area contributed by atoms with Crippen LogP contribution in [0.2, 0.25) is 0 Å². The summed E-state index contributed by atoms with van der Waals surface area (Å²) in [6.07, 6.45) is -4.29. The average Bonchev–Trinajstić information content (AvgIpc) is 2.47. The lowest BCUT2D eigenvalue weighted by Gasteiger charge is -2.09. The van der Waals surface area contributed by atoms with Gasteiger partial charge in [-0.1, -0.05) is 0 Å². The Labute approximate surface area is 85.1 Å². The Morgan fingerprint density at radius 3 is 2.60 bits per heavy atom. The third-order valence-corrected chi connectivity index (χ3v) is 2.02. The zero-order valence-electron chi connectivity index (χ0n) is 8.34. The van der Waals surface area contributed by atoms with Crippen molar-refractivity contribution in [3.05, 3.63) is 17.5 Å². The summed E-state index contributed by atoms with van der Waals surface area (Å²) in [7, 11) is 0. The molecule has 0 aliphatic heterocycles. The van der Waals surface area contributed by atoms with Crippen molar-refractivity contribution < 1.29 is 13.2 Å². The molecular weight excluding hydrogens is 207 g/mol. The topological polar surface area (TPSA) is 41.6 Å². The Bertz CT molecular complexity index is 386. The number of alkyl halides is 3. The molecule has 1 rings (SSSR count). The molecule has 6 heteroatoms. The third kappa shape index (κ3) is 2.49. The molecule has 3 nitrogen and oxygen atoms in total. The van der Waals surface area contributed by atoms with Crippen LogP contribution < -0.4 is 0 Å². The molecule has 0 spiro atoms. The van der Waals surface area contributed by atoms with Crippen LogP contribution in [-0.4, -0.2) is 9.78 Å². The van der Waals surface area contributed by atoms with E-state index in [-0.39, 0.29) is 12.5 Å². The van der Waals surface area contributed by atoms with E-state index in [4.69, 9.17) is 5.26 Å². The zero-order valence-corrected chi connectivity index (χ0v) is 8.34. The minimum absolute atomic E-state index is 0.139. The fourth-order valence-electron chi connectivity index (χ4n) is 1.29. The van der Waals surface area contributed by atoms with Gasteiger partial charge in [-0.15, -0.1) is 0 Å². The molecule has 0 amide bonds. The second-order valence-corrected chi connectivity index (χ2v) is 3.32. The Hall–Kier alpha value is -1.51. The molecule has 0 saturated carbocycles. The maximum atomic E-state index is 12.3. The van der Waals surface area contributed by atoms with Gasteiger partial charge in [0.05, 0.1) is 18.5 Å². The van der Waals surface area contributed by atoms with Gasteiger partial charge in [-0.05, 0) is 19.9 Å². The molecule has 1 aromatic rings. The SMILES string of the molecule is Cc1cc(C(F)(F)F)nn1[C@@H](C)CC#N. The van der Waals surface area contributed by atoms with E-state index in [0.717, 1.165) is 6.07 Å². The van der Waals surface area contributed by atoms with E-state index in [1.807, 2.05) is 6.07 Å². The van der Waals surface area contributed by atoms with E-state index in [9.17, 15) is 13.2 Å². The predicted molar refractivity (Wildman–Crippen MR) is 46.9 cm³/mol. The van der Waals surface area contributed by atoms with Gasteiger partial charge in [0.25, 0.3) is 0 Å². The number of nitriles is 1. The summed E-state index contributed by atoms with van der Waals surface area (Å²) in [4.78, 5) is 0. The first kappa shape index (κ1) is 11.6. The maximum Gasteiger partial charge on any atom is 0.435 e. The summed E-state index contributed by atoms with van der Waals surface area (Å²) in [5, 5.41) is 11.9. The minimum atomic E-state index is -4.43. The molecule has 0 fully saturated rings. The van der Waals surface area contributed by atoms with Gasteiger partial charge in [-0.2, -0.15) is 23.5 Å². The van der Waals surface area contributed by atoms with Crippen molar-refractivity contribution >= 4 is 0 Å². The third-order valence-electron chi connectivity index (χ3n) is 2.02. The van der Waals surface area contributed by atoms with Crippen LogP contribution in [-0.2, 0) is 6.18 Å². The Balaban J connectivity index is 3.02. The fourth-order valence-corrected chi connectivity index (χ4v) is 1.29. The molecule has 0 bridgehead atoms. The molecule has 1 atom stereocenters. The summed E-state index contributed by atoms with van der Waals surface area (Å²) in [6, 6.07) is 2.54. The van der Waals surface area contributed by atoms with Crippen LogP contribution in [0.3, 0.4) is 0 Å². The first-order chi connectivity index (χ1) is 6.86. The van der Waals surface area contributed by atoms with Gasteiger partial charge in [0.2, 0.25) is 0 Å². The molecular formula is C9H10F3N3. The number of nitrogens with zero attached hydrogens (tertiary/aromatic N) is 3. The van der Waals surface area contributed by atoms with Crippen LogP contribution in [0.25, 0.3) is 0 Å². The van der Waals surface area contributed by atoms with E-state index in [0.29, 0.717) is 5.69 Å². The summed E-state index contributed by atoms with van der Waals surface area (Å²) >= 11 is 0. The summed E-state index contributed by atoms with van der Waals surface area (Å²) in [6.45, 7) is 3.19. The maximum absolute atomic E-state index is 12.3. The lowest BCUT2D eigenvalue weighted by molar-refractivity contribution is -0.141. The standard InChI is InChI=1S/C9H10F3N3/c1-6(3-4-13)15-7(2)5-8(14-15)9(10,11)12/h5-6H,3H2,1-2H3/t6-/m0/s1. The van der Waals surface area contributed by atoms with Crippen molar-refractivity contribution in [2.45, 2.75) is 32.5 Å². The highest BCUT2D eigenvalue weighted by Gasteiger charge is 2.34. The predicted octanol–water partition coefficient (Wildman–Crippen LogP) is 2.69. The Morgan fingerprint density at radius 2 is 2.20 bits per heavy atom. The number of hydrogen-bond acceptors (Lipinski definition) is 2. The monoisotopic (exact) mass is 217 g/mol. The van der Waals surface area contributed by atoms with Crippen LogP contribution in [0.4, 0.5) is 13.2 Å². The normalized spacial score (nSPS) is 13.6. The van der Waals surface area contributed by atoms with Gasteiger partial charge < -0.3 is 0 Å². The van der Waals surface area contributed by atoms with Crippen molar-refractivity contribution in [1.82, 2.24) is 9.78 Å². The van der Waals surface area contributed by atoms with Gasteiger partial charge in [0.1, 0.15) is 0 Å². The van der Waals surface area contributed by atoms with Crippen molar-refractivity contribution in [3.63, 3.8) is 0 Å². The molecule has 0 saturated heterocycles. The summed E-state index contributed by atoms with van der Waals surface area (Å²) in [5.41, 5.74) is -0.505. The number of rotatable bonds is 2. The molecule has 1 heterocycles. The smallest absolute Gasteiger partial charge is 0.265 e. The summed E-state index contributed by atoms with van der Waals surface area (Å²) < 4.78 is 38.1. The average molecular weight is 217 g/mol. The number of halogens is 3. The number of hydrogen-bond donors (Lipinski definition) is 0. The van der Waals surface area contributed by atoms with E-state index in [1.54, 1.807) is 6.92 Å². The lowest BCUT2D eigenvalue weighted by atomic mass is 10.2. The van der Waals surface area contributed by atoms with E-state index < -0.39 is 11.9 Å². The van der Waals surface area contributed by atoms with E-state index in [2.05, 4.69) is 5.10 Å². The molecule has 15 heavy (non-hydrogen) atoms. The van der Waals surface area contributed by atoms with Crippen molar-refractivity contribution in [2.75, 3.05) is 0 Å². The lowest BCUT2D eigenvalue weighted by Crippen LogP contribution is -2.11. The first-order valence-electron chi connectivity index (χ1n) is 4.36. The number of aromatic nitrogens is 2. The van der Waals surface area contributed by atoms with Crippen LogP contribution in [0.15, 0.2) is 6.07 Å².